The molecule has 0 saturated heterocycles. The van der Waals surface area contributed by atoms with Crippen LogP contribution in [0.2, 0.25) is 0 Å². The first kappa shape index (κ1) is 6.67. The summed E-state index contributed by atoms with van der Waals surface area (Å²) < 4.78 is 0. The van der Waals surface area contributed by atoms with E-state index in [1.807, 2.05) is 5.38 Å². The summed E-state index contributed by atoms with van der Waals surface area (Å²) in [6.07, 6.45) is 2.73. The van der Waals surface area contributed by atoms with Crippen LogP contribution in [0.4, 0.5) is 0 Å². The Labute approximate surface area is 57.9 Å². The van der Waals surface area contributed by atoms with E-state index in [1.165, 1.54) is 0 Å². The van der Waals surface area contributed by atoms with Crippen molar-refractivity contribution < 1.29 is 0 Å². The molecule has 0 spiro atoms. The molecule has 0 atom stereocenters. The van der Waals surface area contributed by atoms with E-state index in [2.05, 4.69) is 10.4 Å². The zero-order valence-electron chi connectivity index (χ0n) is 5.00. The molecule has 0 saturated carbocycles. The van der Waals surface area contributed by atoms with Crippen molar-refractivity contribution in [3.63, 3.8) is 0 Å². The maximum atomic E-state index is 5.07. The van der Waals surface area contributed by atoms with E-state index in [9.17, 15) is 0 Å². The van der Waals surface area contributed by atoms with Gasteiger partial charge in [0.1, 0.15) is 0 Å². The smallest absolute Gasteiger partial charge is 0.0938 e. The van der Waals surface area contributed by atoms with Crippen LogP contribution < -0.4 is 11.3 Å². The number of hydrogen-bond donors (Lipinski definition) is 2. The predicted octanol–water partition coefficient (Wildman–Crippen LogP) is 0.149. The molecule has 50 valence electrons. The van der Waals surface area contributed by atoms with Crippen molar-refractivity contribution in [3.05, 3.63) is 16.6 Å². The number of nitrogens with two attached hydrogens (primary N) is 1. The lowest BCUT2D eigenvalue weighted by atomic mass is 10.5. The Hall–Kier alpha value is -0.450. The van der Waals surface area contributed by atoms with Crippen LogP contribution in [-0.4, -0.2) is 11.5 Å². The molecule has 1 rings (SSSR count). The second kappa shape index (κ2) is 3.55. The van der Waals surface area contributed by atoms with Crippen LogP contribution in [-0.2, 0) is 6.42 Å². The van der Waals surface area contributed by atoms with E-state index in [1.54, 1.807) is 17.5 Å². The van der Waals surface area contributed by atoms with E-state index in [0.717, 1.165) is 18.0 Å². The molecule has 3 N–H and O–H groups in total. The minimum Gasteiger partial charge on any atom is -0.271 e. The molecule has 4 heteroatoms. The van der Waals surface area contributed by atoms with Crippen molar-refractivity contribution in [2.75, 3.05) is 6.54 Å². The third-order valence-corrected chi connectivity index (χ3v) is 1.81. The maximum absolute atomic E-state index is 5.07. The SMILES string of the molecule is NNCCc1nccs1. The third kappa shape index (κ3) is 2.09. The van der Waals surface area contributed by atoms with E-state index < -0.39 is 0 Å². The fourth-order valence-corrected chi connectivity index (χ4v) is 1.18. The number of aromatic nitrogens is 1. The van der Waals surface area contributed by atoms with Crippen LogP contribution in [0.3, 0.4) is 0 Å². The van der Waals surface area contributed by atoms with Crippen LogP contribution in [0, 0.1) is 0 Å². The van der Waals surface area contributed by atoms with Crippen LogP contribution >= 0.6 is 11.3 Å². The molecule has 0 radical (unpaired) electrons. The van der Waals surface area contributed by atoms with Crippen molar-refractivity contribution in [3.8, 4) is 0 Å². The van der Waals surface area contributed by atoms with E-state index in [4.69, 9.17) is 5.84 Å². The van der Waals surface area contributed by atoms with E-state index in [0.29, 0.717) is 0 Å². The highest BCUT2D eigenvalue weighted by Gasteiger charge is 1.91. The van der Waals surface area contributed by atoms with Gasteiger partial charge in [0.15, 0.2) is 0 Å². The van der Waals surface area contributed by atoms with Gasteiger partial charge < -0.3 is 0 Å². The Morgan fingerprint density at radius 2 is 2.67 bits per heavy atom. The van der Waals surface area contributed by atoms with E-state index >= 15 is 0 Å². The largest absolute Gasteiger partial charge is 0.271 e. The van der Waals surface area contributed by atoms with Crippen molar-refractivity contribution in [1.82, 2.24) is 10.4 Å². The number of nitrogens with zero attached hydrogens (tertiary/aromatic N) is 1. The highest BCUT2D eigenvalue weighted by Crippen LogP contribution is 2.02. The maximum Gasteiger partial charge on any atom is 0.0938 e. The molecule has 9 heavy (non-hydrogen) atoms. The highest BCUT2D eigenvalue weighted by atomic mass is 32.1. The standard InChI is InChI=1S/C5H9N3S/c6-8-2-1-5-7-3-4-9-5/h3-4,8H,1-2,6H2. The average molecular weight is 143 g/mol. The second-order valence-electron chi connectivity index (χ2n) is 1.63. The summed E-state index contributed by atoms with van der Waals surface area (Å²) in [7, 11) is 0. The van der Waals surface area contributed by atoms with Crippen LogP contribution in [0.5, 0.6) is 0 Å². The normalized spacial score (nSPS) is 9.89. The first-order valence-corrected chi connectivity index (χ1v) is 3.63. The van der Waals surface area contributed by atoms with Gasteiger partial charge in [0.2, 0.25) is 0 Å². The number of rotatable bonds is 3. The van der Waals surface area contributed by atoms with Crippen molar-refractivity contribution >= 4 is 11.3 Å². The van der Waals surface area contributed by atoms with Crippen molar-refractivity contribution in [1.29, 1.82) is 0 Å². The summed E-state index contributed by atoms with van der Waals surface area (Å²) in [5, 5.41) is 3.10. The van der Waals surface area contributed by atoms with Gasteiger partial charge in [0.05, 0.1) is 5.01 Å². The summed E-state index contributed by atoms with van der Waals surface area (Å²) >= 11 is 1.66. The van der Waals surface area contributed by atoms with E-state index in [-0.39, 0.29) is 0 Å². The van der Waals surface area contributed by atoms with Crippen LogP contribution in [0.15, 0.2) is 11.6 Å². The van der Waals surface area contributed by atoms with Crippen LogP contribution in [0.25, 0.3) is 0 Å². The Balaban J connectivity index is 2.30. The molecule has 0 aromatic carbocycles. The molecule has 0 fully saturated rings. The lowest BCUT2D eigenvalue weighted by Gasteiger charge is -1.91. The topological polar surface area (TPSA) is 50.9 Å². The van der Waals surface area contributed by atoms with Gasteiger partial charge in [-0.05, 0) is 0 Å². The van der Waals surface area contributed by atoms with Gasteiger partial charge in [-0.15, -0.1) is 11.3 Å². The minimum absolute atomic E-state index is 0.799. The Morgan fingerprint density at radius 3 is 3.22 bits per heavy atom. The van der Waals surface area contributed by atoms with Gasteiger partial charge in [0.25, 0.3) is 0 Å². The summed E-state index contributed by atoms with van der Waals surface area (Å²) in [6.45, 7) is 0.799. The zero-order chi connectivity index (χ0) is 6.53. The lowest BCUT2D eigenvalue weighted by molar-refractivity contribution is 0.726. The van der Waals surface area contributed by atoms with Gasteiger partial charge in [-0.2, -0.15) is 0 Å². The third-order valence-electron chi connectivity index (χ3n) is 0.967. The predicted molar refractivity (Wildman–Crippen MR) is 38.0 cm³/mol. The quantitative estimate of drug-likeness (QED) is 0.468. The molecule has 1 aromatic heterocycles. The fourth-order valence-electron chi connectivity index (χ4n) is 0.556. The van der Waals surface area contributed by atoms with Crippen molar-refractivity contribution in [2.45, 2.75) is 6.42 Å². The zero-order valence-corrected chi connectivity index (χ0v) is 5.82. The molecule has 0 aliphatic carbocycles. The molecule has 0 bridgehead atoms. The number of hydrazine groups is 1. The minimum atomic E-state index is 0.799. The fraction of sp³-hybridized carbons (Fsp3) is 0.400. The first-order chi connectivity index (χ1) is 4.43. The molecule has 0 aliphatic heterocycles. The van der Waals surface area contributed by atoms with Gasteiger partial charge in [-0.25, -0.2) is 4.98 Å². The Morgan fingerprint density at radius 1 is 1.78 bits per heavy atom. The molecular weight excluding hydrogens is 134 g/mol. The summed E-state index contributed by atoms with van der Waals surface area (Å²) in [6, 6.07) is 0. The monoisotopic (exact) mass is 143 g/mol. The highest BCUT2D eigenvalue weighted by molar-refractivity contribution is 7.09. The Bertz CT molecular complexity index is 149. The first-order valence-electron chi connectivity index (χ1n) is 2.75. The molecule has 3 nitrogen and oxygen atoms in total. The second-order valence-corrected chi connectivity index (χ2v) is 2.61. The molecule has 0 aliphatic rings. The summed E-state index contributed by atoms with van der Waals surface area (Å²) in [5.41, 5.74) is 2.57. The molecule has 0 unspecified atom stereocenters. The number of thiazole rings is 1. The number of nitrogens with one attached hydrogen (secondary N) is 1. The van der Waals surface area contributed by atoms with Gasteiger partial charge in [-0.3, -0.25) is 11.3 Å². The van der Waals surface area contributed by atoms with Gasteiger partial charge >= 0.3 is 0 Å². The molecule has 0 amide bonds. The average Bonchev–Trinajstić information content (AvgIpc) is 2.34. The Kier molecular flexibility index (Phi) is 2.63. The molecular formula is C5H9N3S. The summed E-state index contributed by atoms with van der Waals surface area (Å²) in [4.78, 5) is 4.08. The molecule has 1 heterocycles. The van der Waals surface area contributed by atoms with Gasteiger partial charge in [0, 0.05) is 24.5 Å². The van der Waals surface area contributed by atoms with Gasteiger partial charge in [-0.1, -0.05) is 0 Å². The lowest BCUT2D eigenvalue weighted by Crippen LogP contribution is -2.24. The summed E-state index contributed by atoms with van der Waals surface area (Å²) in [5.74, 6) is 5.07. The van der Waals surface area contributed by atoms with Crippen molar-refractivity contribution in [2.24, 2.45) is 5.84 Å². The number of hydrogen-bond acceptors (Lipinski definition) is 4. The van der Waals surface area contributed by atoms with Crippen LogP contribution in [0.1, 0.15) is 5.01 Å². The molecule has 1 aromatic rings.